The smallest absolute Gasteiger partial charge is 0.177 e. The molecule has 0 aliphatic carbocycles. The molecule has 1 aromatic carbocycles. The number of hydrogen-bond acceptors (Lipinski definition) is 2. The van der Waals surface area contributed by atoms with E-state index in [1.807, 2.05) is 31.2 Å². The molecule has 2 rings (SSSR count). The predicted octanol–water partition coefficient (Wildman–Crippen LogP) is 4.90. The van der Waals surface area contributed by atoms with Gasteiger partial charge in [-0.25, -0.2) is 0 Å². The first-order chi connectivity index (χ1) is 8.06. The number of rotatable bonds is 3. The molecule has 0 aliphatic heterocycles. The van der Waals surface area contributed by atoms with Gasteiger partial charge in [-0.3, -0.25) is 4.79 Å². The van der Waals surface area contributed by atoms with E-state index in [0.717, 1.165) is 9.35 Å². The standard InChI is InChI=1S/C13H10BrClOS/c1-8-3-2-4-9(5-8)6-11(16)12-7-10(15)13(14)17-12/h2-5,7H,6H2,1H3. The molecule has 1 aromatic heterocycles. The molecule has 1 heterocycles. The first-order valence-electron chi connectivity index (χ1n) is 5.10. The highest BCUT2D eigenvalue weighted by atomic mass is 79.9. The summed E-state index contributed by atoms with van der Waals surface area (Å²) in [4.78, 5) is 12.7. The number of carbonyl (C=O) groups is 1. The van der Waals surface area contributed by atoms with Crippen LogP contribution < -0.4 is 0 Å². The summed E-state index contributed by atoms with van der Waals surface area (Å²) in [6.45, 7) is 2.02. The van der Waals surface area contributed by atoms with E-state index in [1.54, 1.807) is 6.07 Å². The molecule has 88 valence electrons. The summed E-state index contributed by atoms with van der Waals surface area (Å²) >= 11 is 10.6. The Labute approximate surface area is 118 Å². The summed E-state index contributed by atoms with van der Waals surface area (Å²) in [5, 5.41) is 0.600. The highest BCUT2D eigenvalue weighted by molar-refractivity contribution is 9.11. The van der Waals surface area contributed by atoms with Gasteiger partial charge in [-0.05, 0) is 34.5 Å². The Kier molecular flexibility index (Phi) is 4.02. The maximum atomic E-state index is 12.0. The lowest BCUT2D eigenvalue weighted by atomic mass is 10.1. The molecule has 4 heteroatoms. The predicted molar refractivity (Wildman–Crippen MR) is 76.2 cm³/mol. The van der Waals surface area contributed by atoms with Crippen molar-refractivity contribution in [3.63, 3.8) is 0 Å². The first-order valence-corrected chi connectivity index (χ1v) is 7.08. The Morgan fingerprint density at radius 2 is 2.18 bits per heavy atom. The third-order valence-electron chi connectivity index (χ3n) is 2.37. The van der Waals surface area contributed by atoms with Gasteiger partial charge in [-0.2, -0.15) is 0 Å². The van der Waals surface area contributed by atoms with E-state index in [2.05, 4.69) is 15.9 Å². The van der Waals surface area contributed by atoms with E-state index in [9.17, 15) is 4.79 Å². The molecule has 0 fully saturated rings. The minimum atomic E-state index is 0.105. The van der Waals surface area contributed by atoms with Crippen LogP contribution in [0.2, 0.25) is 5.02 Å². The van der Waals surface area contributed by atoms with Gasteiger partial charge in [0.15, 0.2) is 5.78 Å². The molecule has 0 atom stereocenters. The van der Waals surface area contributed by atoms with Crippen molar-refractivity contribution in [2.24, 2.45) is 0 Å². The maximum absolute atomic E-state index is 12.0. The number of carbonyl (C=O) groups excluding carboxylic acids is 1. The van der Waals surface area contributed by atoms with Crippen molar-refractivity contribution < 1.29 is 4.79 Å². The number of Topliss-reactive ketones (excluding diaryl/α,β-unsaturated/α-hetero) is 1. The number of thiophene rings is 1. The number of benzene rings is 1. The van der Waals surface area contributed by atoms with Crippen LogP contribution in [0, 0.1) is 6.92 Å². The minimum Gasteiger partial charge on any atom is -0.293 e. The Morgan fingerprint density at radius 1 is 1.41 bits per heavy atom. The van der Waals surface area contributed by atoms with E-state index < -0.39 is 0 Å². The fraction of sp³-hybridized carbons (Fsp3) is 0.154. The number of ketones is 1. The third kappa shape index (κ3) is 3.18. The lowest BCUT2D eigenvalue weighted by Gasteiger charge is -2.00. The maximum Gasteiger partial charge on any atom is 0.177 e. The highest BCUT2D eigenvalue weighted by Crippen LogP contribution is 2.32. The van der Waals surface area contributed by atoms with Crippen LogP contribution in [-0.2, 0) is 6.42 Å². The van der Waals surface area contributed by atoms with Gasteiger partial charge < -0.3 is 0 Å². The zero-order valence-electron chi connectivity index (χ0n) is 9.17. The molecule has 0 amide bonds. The van der Waals surface area contributed by atoms with Crippen LogP contribution in [0.5, 0.6) is 0 Å². The van der Waals surface area contributed by atoms with Crippen LogP contribution in [-0.4, -0.2) is 5.78 Å². The summed E-state index contributed by atoms with van der Waals surface area (Å²) in [5.41, 5.74) is 2.20. The SMILES string of the molecule is Cc1cccc(CC(=O)c2cc(Cl)c(Br)s2)c1. The molecule has 0 radical (unpaired) electrons. The van der Waals surface area contributed by atoms with Gasteiger partial charge in [0.2, 0.25) is 0 Å². The minimum absolute atomic E-state index is 0.105. The first kappa shape index (κ1) is 12.8. The Bertz CT molecular complexity index is 543. The zero-order valence-corrected chi connectivity index (χ0v) is 12.3. The third-order valence-corrected chi connectivity index (χ3v) is 4.88. The second-order valence-electron chi connectivity index (χ2n) is 3.82. The van der Waals surface area contributed by atoms with E-state index in [4.69, 9.17) is 11.6 Å². The van der Waals surface area contributed by atoms with Crippen molar-refractivity contribution in [3.8, 4) is 0 Å². The van der Waals surface area contributed by atoms with E-state index >= 15 is 0 Å². The van der Waals surface area contributed by atoms with Gasteiger partial charge in [0.05, 0.1) is 13.7 Å². The Morgan fingerprint density at radius 3 is 2.76 bits per heavy atom. The summed E-state index contributed by atoms with van der Waals surface area (Å²) in [5.74, 6) is 0.105. The van der Waals surface area contributed by atoms with Crippen molar-refractivity contribution in [1.29, 1.82) is 0 Å². The van der Waals surface area contributed by atoms with Gasteiger partial charge >= 0.3 is 0 Å². The molecule has 0 aliphatic rings. The van der Waals surface area contributed by atoms with E-state index in [-0.39, 0.29) is 5.78 Å². The summed E-state index contributed by atoms with van der Waals surface area (Å²) in [7, 11) is 0. The van der Waals surface area contributed by atoms with Crippen LogP contribution >= 0.6 is 38.9 Å². The highest BCUT2D eigenvalue weighted by Gasteiger charge is 2.12. The molecule has 2 aromatic rings. The second-order valence-corrected chi connectivity index (χ2v) is 6.60. The molecule has 0 saturated carbocycles. The van der Waals surface area contributed by atoms with Gasteiger partial charge in [-0.15, -0.1) is 11.3 Å². The van der Waals surface area contributed by atoms with Gasteiger partial charge in [0, 0.05) is 6.42 Å². The average Bonchev–Trinajstić information content (AvgIpc) is 2.59. The van der Waals surface area contributed by atoms with Gasteiger partial charge in [0.25, 0.3) is 0 Å². The molecular formula is C13H10BrClOS. The van der Waals surface area contributed by atoms with Gasteiger partial charge in [0.1, 0.15) is 0 Å². The summed E-state index contributed by atoms with van der Waals surface area (Å²) in [6, 6.07) is 9.70. The fourth-order valence-electron chi connectivity index (χ4n) is 1.58. The molecule has 0 spiro atoms. The van der Waals surface area contributed by atoms with Crippen molar-refractivity contribution in [2.45, 2.75) is 13.3 Å². The van der Waals surface area contributed by atoms with Crippen LogP contribution in [0.15, 0.2) is 34.1 Å². The summed E-state index contributed by atoms with van der Waals surface area (Å²) in [6.07, 6.45) is 0.422. The molecule has 0 saturated heterocycles. The van der Waals surface area contributed by atoms with Crippen molar-refractivity contribution in [3.05, 3.63) is 55.1 Å². The number of hydrogen-bond donors (Lipinski definition) is 0. The quantitative estimate of drug-likeness (QED) is 0.732. The van der Waals surface area contributed by atoms with E-state index in [0.29, 0.717) is 16.3 Å². The van der Waals surface area contributed by atoms with Crippen molar-refractivity contribution >= 4 is 44.7 Å². The van der Waals surface area contributed by atoms with Crippen LogP contribution in [0.25, 0.3) is 0 Å². The Balaban J connectivity index is 2.17. The molecular weight excluding hydrogens is 320 g/mol. The van der Waals surface area contributed by atoms with Gasteiger partial charge in [-0.1, -0.05) is 41.4 Å². The molecule has 17 heavy (non-hydrogen) atoms. The number of halogens is 2. The molecule has 0 unspecified atom stereocenters. The van der Waals surface area contributed by atoms with Crippen molar-refractivity contribution in [2.75, 3.05) is 0 Å². The van der Waals surface area contributed by atoms with Crippen molar-refractivity contribution in [1.82, 2.24) is 0 Å². The normalized spacial score (nSPS) is 10.5. The number of aryl methyl sites for hydroxylation is 1. The van der Waals surface area contributed by atoms with Crippen LogP contribution in [0.4, 0.5) is 0 Å². The molecule has 1 nitrogen and oxygen atoms in total. The van der Waals surface area contributed by atoms with Crippen LogP contribution in [0.1, 0.15) is 20.8 Å². The lowest BCUT2D eigenvalue weighted by molar-refractivity contribution is 0.0997. The largest absolute Gasteiger partial charge is 0.293 e. The Hall–Kier alpha value is -0.640. The molecule has 0 bridgehead atoms. The lowest BCUT2D eigenvalue weighted by Crippen LogP contribution is -2.01. The van der Waals surface area contributed by atoms with E-state index in [1.165, 1.54) is 16.9 Å². The summed E-state index contributed by atoms with van der Waals surface area (Å²) < 4.78 is 0.812. The zero-order chi connectivity index (χ0) is 12.4. The second kappa shape index (κ2) is 5.34. The monoisotopic (exact) mass is 328 g/mol. The molecule has 0 N–H and O–H groups in total. The van der Waals surface area contributed by atoms with Crippen LogP contribution in [0.3, 0.4) is 0 Å². The topological polar surface area (TPSA) is 17.1 Å². The fourth-order valence-corrected chi connectivity index (χ4v) is 3.22. The average molecular weight is 330 g/mol.